The zero-order chi connectivity index (χ0) is 24.1. The maximum absolute atomic E-state index is 13.1. The van der Waals surface area contributed by atoms with Crippen molar-refractivity contribution >= 4 is 22.7 Å². The van der Waals surface area contributed by atoms with Crippen molar-refractivity contribution in [3.05, 3.63) is 59.9 Å². The number of nitrogens with zero attached hydrogens (tertiary/aromatic N) is 4. The molecule has 11 heteroatoms. The van der Waals surface area contributed by atoms with Crippen LogP contribution in [0.4, 0.5) is 13.2 Å². The fraction of sp³-hybridized carbons (Fsp3) is 0.304. The van der Waals surface area contributed by atoms with E-state index in [1.807, 2.05) is 0 Å². The largest absolute Gasteiger partial charge is 0.439 e. The molecule has 4 heterocycles. The lowest BCUT2D eigenvalue weighted by atomic mass is 9.92. The summed E-state index contributed by atoms with van der Waals surface area (Å²) in [4.78, 5) is 36.7. The average Bonchev–Trinajstić information content (AvgIpc) is 2.78. The van der Waals surface area contributed by atoms with Crippen LogP contribution in [-0.4, -0.2) is 70.5 Å². The van der Waals surface area contributed by atoms with Gasteiger partial charge in [0.05, 0.1) is 24.3 Å². The van der Waals surface area contributed by atoms with Crippen LogP contribution in [0.5, 0.6) is 11.6 Å². The molecule has 2 aliphatic heterocycles. The van der Waals surface area contributed by atoms with Crippen LogP contribution in [0.25, 0.3) is 10.9 Å². The van der Waals surface area contributed by atoms with Gasteiger partial charge >= 0.3 is 6.18 Å². The zero-order valence-electron chi connectivity index (χ0n) is 18.0. The van der Waals surface area contributed by atoms with E-state index in [1.165, 1.54) is 4.90 Å². The predicted molar refractivity (Wildman–Crippen MR) is 113 cm³/mol. The molecule has 2 amide bonds. The molecule has 1 aromatic carbocycles. The quantitative estimate of drug-likeness (QED) is 0.583. The first-order valence-electron chi connectivity index (χ1n) is 10.4. The number of hydrogen-bond donors (Lipinski definition) is 0. The van der Waals surface area contributed by atoms with Gasteiger partial charge in [-0.25, -0.2) is 9.97 Å². The van der Waals surface area contributed by atoms with E-state index in [4.69, 9.17) is 9.47 Å². The van der Waals surface area contributed by atoms with E-state index < -0.39 is 17.3 Å². The van der Waals surface area contributed by atoms with E-state index in [-0.39, 0.29) is 29.9 Å². The molecule has 2 aromatic heterocycles. The van der Waals surface area contributed by atoms with Crippen LogP contribution in [0, 0.1) is 0 Å². The van der Waals surface area contributed by atoms with Crippen LogP contribution in [0.1, 0.15) is 16.1 Å². The molecule has 2 fully saturated rings. The Hall–Kier alpha value is -3.73. The van der Waals surface area contributed by atoms with Crippen molar-refractivity contribution in [1.29, 1.82) is 0 Å². The number of piperazine rings is 1. The molecule has 0 unspecified atom stereocenters. The number of fused-ring (bicyclic) bond motifs is 1. The number of aromatic nitrogens is 2. The standard InChI is InChI=1S/C23H19F3N4O4/c1-29-20(31)10-30(11-22(29)12-33-13-22)21(32)18-5-2-14-8-16(4-6-17(14)28-18)34-19-7-3-15(9-27-19)23(24,25)26/h2-9H,10-13H2,1H3. The SMILES string of the molecule is CN1C(=O)CN(C(=O)c2ccc3cc(Oc4ccc(C(F)(F)F)cn4)ccc3n2)CC12COC2. The maximum atomic E-state index is 13.1. The lowest BCUT2D eigenvalue weighted by Crippen LogP contribution is -2.72. The molecular weight excluding hydrogens is 453 g/mol. The van der Waals surface area contributed by atoms with Crippen molar-refractivity contribution < 1.29 is 32.2 Å². The van der Waals surface area contributed by atoms with E-state index in [9.17, 15) is 22.8 Å². The highest BCUT2D eigenvalue weighted by atomic mass is 19.4. The molecule has 8 nitrogen and oxygen atoms in total. The Labute approximate surface area is 191 Å². The molecule has 2 aliphatic rings. The normalized spacial score (nSPS) is 17.7. The van der Waals surface area contributed by atoms with Crippen molar-refractivity contribution in [2.24, 2.45) is 0 Å². The van der Waals surface area contributed by atoms with Crippen LogP contribution in [0.3, 0.4) is 0 Å². The summed E-state index contributed by atoms with van der Waals surface area (Å²) in [5, 5.41) is 0.666. The highest BCUT2D eigenvalue weighted by Gasteiger charge is 2.50. The van der Waals surface area contributed by atoms with E-state index >= 15 is 0 Å². The number of carbonyl (C=O) groups excluding carboxylic acids is 2. The van der Waals surface area contributed by atoms with Gasteiger partial charge in [0.1, 0.15) is 23.5 Å². The minimum absolute atomic E-state index is 0.0146. The number of hydrogen-bond acceptors (Lipinski definition) is 6. The second-order valence-corrected chi connectivity index (χ2v) is 8.37. The third-order valence-electron chi connectivity index (χ3n) is 6.09. The van der Waals surface area contributed by atoms with Gasteiger partial charge in [-0.15, -0.1) is 0 Å². The predicted octanol–water partition coefficient (Wildman–Crippen LogP) is 3.12. The first-order valence-corrected chi connectivity index (χ1v) is 10.4. The van der Waals surface area contributed by atoms with Crippen molar-refractivity contribution in [2.75, 3.05) is 33.4 Å². The summed E-state index contributed by atoms with van der Waals surface area (Å²) in [6.07, 6.45) is -3.77. The number of halogens is 3. The lowest BCUT2D eigenvalue weighted by molar-refractivity contribution is -0.177. The highest BCUT2D eigenvalue weighted by Crippen LogP contribution is 2.31. The van der Waals surface area contributed by atoms with Crippen LogP contribution >= 0.6 is 0 Å². The topological polar surface area (TPSA) is 84.9 Å². The second-order valence-electron chi connectivity index (χ2n) is 8.37. The number of benzene rings is 1. The smallest absolute Gasteiger partial charge is 0.417 e. The van der Waals surface area contributed by atoms with Gasteiger partial charge < -0.3 is 19.3 Å². The van der Waals surface area contributed by atoms with Crippen molar-refractivity contribution in [2.45, 2.75) is 11.7 Å². The molecule has 1 spiro atoms. The van der Waals surface area contributed by atoms with E-state index in [0.717, 1.165) is 12.1 Å². The maximum Gasteiger partial charge on any atom is 0.417 e. The Balaban J connectivity index is 1.33. The molecule has 0 radical (unpaired) electrons. The van der Waals surface area contributed by atoms with Crippen molar-refractivity contribution in [1.82, 2.24) is 19.8 Å². The van der Waals surface area contributed by atoms with Gasteiger partial charge in [0.15, 0.2) is 0 Å². The Morgan fingerprint density at radius 2 is 1.94 bits per heavy atom. The van der Waals surface area contributed by atoms with Gasteiger partial charge in [-0.05, 0) is 30.3 Å². The van der Waals surface area contributed by atoms with Crippen LogP contribution < -0.4 is 4.74 Å². The molecule has 5 rings (SSSR count). The monoisotopic (exact) mass is 472 g/mol. The number of amides is 2. The van der Waals surface area contributed by atoms with Crippen LogP contribution in [0.15, 0.2) is 48.7 Å². The highest BCUT2D eigenvalue weighted by molar-refractivity contribution is 5.97. The minimum Gasteiger partial charge on any atom is -0.439 e. The van der Waals surface area contributed by atoms with Crippen LogP contribution in [-0.2, 0) is 15.7 Å². The van der Waals surface area contributed by atoms with Gasteiger partial charge in [0.25, 0.3) is 5.91 Å². The Morgan fingerprint density at radius 1 is 1.15 bits per heavy atom. The Kier molecular flexibility index (Phi) is 5.16. The zero-order valence-corrected chi connectivity index (χ0v) is 18.0. The summed E-state index contributed by atoms with van der Waals surface area (Å²) in [6.45, 7) is 1.13. The summed E-state index contributed by atoms with van der Waals surface area (Å²) < 4.78 is 48.9. The van der Waals surface area contributed by atoms with Gasteiger partial charge in [-0.2, -0.15) is 13.2 Å². The number of rotatable bonds is 3. The molecule has 0 bridgehead atoms. The Morgan fingerprint density at radius 3 is 2.59 bits per heavy atom. The average molecular weight is 472 g/mol. The van der Waals surface area contributed by atoms with Gasteiger partial charge in [-0.3, -0.25) is 9.59 Å². The summed E-state index contributed by atoms with van der Waals surface area (Å²) >= 11 is 0. The third-order valence-corrected chi connectivity index (χ3v) is 6.09. The van der Waals surface area contributed by atoms with Crippen molar-refractivity contribution in [3.63, 3.8) is 0 Å². The van der Waals surface area contributed by atoms with Gasteiger partial charge in [0, 0.05) is 31.2 Å². The first kappa shape index (κ1) is 22.1. The number of pyridine rings is 2. The molecule has 0 N–H and O–H groups in total. The van der Waals surface area contributed by atoms with Gasteiger partial charge in [0.2, 0.25) is 11.8 Å². The van der Waals surface area contributed by atoms with Crippen molar-refractivity contribution in [3.8, 4) is 11.6 Å². The second kappa shape index (κ2) is 7.94. The molecule has 176 valence electrons. The third kappa shape index (κ3) is 3.92. The number of ether oxygens (including phenoxy) is 2. The number of alkyl halides is 3. The molecule has 0 saturated carbocycles. The minimum atomic E-state index is -4.47. The van der Waals surface area contributed by atoms with Gasteiger partial charge in [-0.1, -0.05) is 6.07 Å². The summed E-state index contributed by atoms with van der Waals surface area (Å²) in [7, 11) is 1.72. The molecule has 0 aliphatic carbocycles. The Bertz CT molecular complexity index is 1280. The van der Waals surface area contributed by atoms with E-state index in [2.05, 4.69) is 9.97 Å². The lowest BCUT2D eigenvalue weighted by Gasteiger charge is -2.53. The fourth-order valence-corrected chi connectivity index (χ4v) is 3.99. The fourth-order valence-electron chi connectivity index (χ4n) is 3.99. The summed E-state index contributed by atoms with van der Waals surface area (Å²) in [6, 6.07) is 10.2. The molecular formula is C23H19F3N4O4. The first-order chi connectivity index (χ1) is 16.1. The summed E-state index contributed by atoms with van der Waals surface area (Å²) in [5.74, 6) is -0.121. The van der Waals surface area contributed by atoms with E-state index in [1.54, 1.807) is 42.3 Å². The summed E-state index contributed by atoms with van der Waals surface area (Å²) in [5.41, 5.74) is -0.614. The number of carbonyl (C=O) groups is 2. The van der Waals surface area contributed by atoms with Crippen LogP contribution in [0.2, 0.25) is 0 Å². The molecule has 34 heavy (non-hydrogen) atoms. The van der Waals surface area contributed by atoms with E-state index in [0.29, 0.717) is 42.6 Å². The molecule has 0 atom stereocenters. The molecule has 2 saturated heterocycles. The molecule has 3 aromatic rings. The number of likely N-dealkylation sites (N-methyl/N-ethyl adjacent to an activating group) is 1.